The minimum absolute atomic E-state index is 0.0397. The van der Waals surface area contributed by atoms with Crippen LogP contribution in [-0.4, -0.2) is 63.7 Å². The number of carbonyl (C=O) groups excluding carboxylic acids is 4. The lowest BCUT2D eigenvalue weighted by molar-refractivity contribution is -0.140. The van der Waals surface area contributed by atoms with Crippen LogP contribution in [0.4, 0.5) is 11.4 Å². The molecule has 5 rings (SSSR count). The van der Waals surface area contributed by atoms with E-state index in [1.807, 2.05) is 61.5 Å². The van der Waals surface area contributed by atoms with Gasteiger partial charge in [-0.3, -0.25) is 24.1 Å². The van der Waals surface area contributed by atoms with E-state index in [2.05, 4.69) is 14.9 Å². The molecule has 40 heavy (non-hydrogen) atoms. The van der Waals surface area contributed by atoms with Crippen LogP contribution in [0.25, 0.3) is 0 Å². The molecule has 1 aliphatic rings. The van der Waals surface area contributed by atoms with Gasteiger partial charge in [-0.1, -0.05) is 47.0 Å². The van der Waals surface area contributed by atoms with Crippen LogP contribution in [0.1, 0.15) is 38.0 Å². The Labute approximate surface area is 235 Å². The summed E-state index contributed by atoms with van der Waals surface area (Å²) in [6, 6.07) is 21.7. The van der Waals surface area contributed by atoms with Crippen molar-refractivity contribution in [3.8, 4) is 0 Å². The van der Waals surface area contributed by atoms with Crippen molar-refractivity contribution in [3.05, 3.63) is 107 Å². The molecule has 4 amide bonds. The number of aromatic nitrogens is 2. The quantitative estimate of drug-likeness (QED) is 0.314. The van der Waals surface area contributed by atoms with Gasteiger partial charge < -0.3 is 15.1 Å². The largest absolute Gasteiger partial charge is 0.378 e. The van der Waals surface area contributed by atoms with Gasteiger partial charge in [0.1, 0.15) is 12.2 Å². The van der Waals surface area contributed by atoms with Crippen molar-refractivity contribution in [2.45, 2.75) is 12.6 Å². The molecule has 0 bridgehead atoms. The van der Waals surface area contributed by atoms with Gasteiger partial charge in [-0.15, -0.1) is 5.10 Å². The van der Waals surface area contributed by atoms with E-state index in [1.165, 1.54) is 4.90 Å². The van der Waals surface area contributed by atoms with E-state index < -0.39 is 36.2 Å². The molecule has 2 heterocycles. The highest BCUT2D eigenvalue weighted by Crippen LogP contribution is 2.28. The molecular weight excluding hydrogens is 528 g/mol. The minimum atomic E-state index is -1.17. The van der Waals surface area contributed by atoms with Gasteiger partial charge in [-0.25, -0.2) is 0 Å². The third-order valence-electron chi connectivity index (χ3n) is 6.56. The Morgan fingerprint density at radius 2 is 1.52 bits per heavy atom. The molecule has 0 aliphatic carbocycles. The first-order valence-electron chi connectivity index (χ1n) is 12.5. The van der Waals surface area contributed by atoms with Gasteiger partial charge >= 0.3 is 0 Å². The second-order valence-corrected chi connectivity index (χ2v) is 10.0. The van der Waals surface area contributed by atoms with Crippen LogP contribution >= 0.6 is 11.5 Å². The number of hydrogen-bond acceptors (Lipinski definition) is 8. The fourth-order valence-electron chi connectivity index (χ4n) is 4.49. The monoisotopic (exact) mass is 554 g/mol. The first-order valence-corrected chi connectivity index (χ1v) is 13.3. The van der Waals surface area contributed by atoms with Gasteiger partial charge in [-0.05, 0) is 53.5 Å². The number of anilines is 2. The number of fused-ring (bicyclic) bond motifs is 1. The van der Waals surface area contributed by atoms with Crippen molar-refractivity contribution in [3.63, 3.8) is 0 Å². The summed E-state index contributed by atoms with van der Waals surface area (Å²) in [5, 5.41) is 8.60. The maximum Gasteiger partial charge on any atom is 0.262 e. The minimum Gasteiger partial charge on any atom is -0.378 e. The predicted molar refractivity (Wildman–Crippen MR) is 151 cm³/mol. The number of hydrogen-bond donors (Lipinski definition) is 1. The van der Waals surface area contributed by atoms with Crippen LogP contribution in [-0.2, 0) is 16.1 Å². The van der Waals surface area contributed by atoms with Gasteiger partial charge in [0.15, 0.2) is 6.04 Å². The van der Waals surface area contributed by atoms with Gasteiger partial charge in [0.05, 0.1) is 11.1 Å². The molecule has 10 nitrogen and oxygen atoms in total. The van der Waals surface area contributed by atoms with E-state index in [1.54, 1.807) is 41.8 Å². The zero-order chi connectivity index (χ0) is 28.2. The molecule has 0 saturated carbocycles. The van der Waals surface area contributed by atoms with E-state index in [-0.39, 0.29) is 23.4 Å². The second kappa shape index (κ2) is 11.5. The number of rotatable bonds is 9. The first kappa shape index (κ1) is 26.7. The van der Waals surface area contributed by atoms with Crippen molar-refractivity contribution >= 4 is 46.5 Å². The Kier molecular flexibility index (Phi) is 7.65. The Morgan fingerprint density at radius 1 is 0.900 bits per heavy atom. The van der Waals surface area contributed by atoms with Gasteiger partial charge in [0.2, 0.25) is 5.91 Å². The third kappa shape index (κ3) is 5.45. The molecule has 0 radical (unpaired) electrons. The summed E-state index contributed by atoms with van der Waals surface area (Å²) in [5.41, 5.74) is 3.02. The molecule has 1 atom stereocenters. The summed E-state index contributed by atoms with van der Waals surface area (Å²) in [4.78, 5) is 57.9. The van der Waals surface area contributed by atoms with Crippen LogP contribution in [0.15, 0.2) is 84.2 Å². The fourth-order valence-corrected chi connectivity index (χ4v) is 4.97. The van der Waals surface area contributed by atoms with Gasteiger partial charge in [0.25, 0.3) is 17.7 Å². The summed E-state index contributed by atoms with van der Waals surface area (Å²) in [7, 11) is 3.83. The normalized spacial score (nSPS) is 13.1. The second-order valence-electron chi connectivity index (χ2n) is 9.41. The highest BCUT2D eigenvalue weighted by Gasteiger charge is 2.40. The van der Waals surface area contributed by atoms with Gasteiger partial charge in [-0.2, -0.15) is 0 Å². The number of carbonyl (C=O) groups is 4. The molecule has 0 unspecified atom stereocenters. The zero-order valence-electron chi connectivity index (χ0n) is 21.9. The highest BCUT2D eigenvalue weighted by atomic mass is 32.1. The van der Waals surface area contributed by atoms with Crippen molar-refractivity contribution in [2.24, 2.45) is 0 Å². The van der Waals surface area contributed by atoms with Crippen molar-refractivity contribution < 1.29 is 19.2 Å². The Balaban J connectivity index is 1.47. The SMILES string of the molecule is CN(C)c1ccc(NC(=O)[C@H](c2csnn2)N(Cc2ccccc2)C(=O)CN2C(=O)c3ccccc3C2=O)cc1. The maximum absolute atomic E-state index is 13.9. The summed E-state index contributed by atoms with van der Waals surface area (Å²) in [6.45, 7) is -0.490. The topological polar surface area (TPSA) is 116 Å². The van der Waals surface area contributed by atoms with Crippen LogP contribution in [0.2, 0.25) is 0 Å². The number of imide groups is 1. The molecule has 0 saturated heterocycles. The standard InChI is InChI=1S/C29H26N6O4S/c1-33(2)21-14-12-20(13-15-21)30-27(37)26(24-18-40-32-31-24)34(16-19-8-4-3-5-9-19)25(36)17-35-28(38)22-10-6-7-11-23(22)29(35)39/h3-15,18,26H,16-17H2,1-2H3,(H,30,37)/t26-/m0/s1. The van der Waals surface area contributed by atoms with E-state index in [4.69, 9.17) is 0 Å². The average Bonchev–Trinajstić information content (AvgIpc) is 3.57. The number of amides is 4. The molecule has 0 fully saturated rings. The maximum atomic E-state index is 13.9. The third-order valence-corrected chi connectivity index (χ3v) is 7.08. The molecule has 1 aliphatic heterocycles. The Bertz CT molecular complexity index is 1510. The molecule has 1 aromatic heterocycles. The van der Waals surface area contributed by atoms with Crippen molar-refractivity contribution in [1.82, 2.24) is 19.4 Å². The Hall–Kier alpha value is -4.90. The lowest BCUT2D eigenvalue weighted by atomic mass is 10.1. The number of nitrogens with one attached hydrogen (secondary N) is 1. The number of nitrogens with zero attached hydrogens (tertiary/aromatic N) is 5. The van der Waals surface area contributed by atoms with Crippen LogP contribution in [0.5, 0.6) is 0 Å². The first-order chi connectivity index (χ1) is 19.3. The van der Waals surface area contributed by atoms with Crippen molar-refractivity contribution in [1.29, 1.82) is 0 Å². The smallest absolute Gasteiger partial charge is 0.262 e. The lowest BCUT2D eigenvalue weighted by Crippen LogP contribution is -2.47. The molecule has 11 heteroatoms. The Morgan fingerprint density at radius 3 is 2.10 bits per heavy atom. The van der Waals surface area contributed by atoms with Crippen molar-refractivity contribution in [2.75, 3.05) is 30.9 Å². The van der Waals surface area contributed by atoms with Gasteiger partial charge in [0, 0.05) is 37.4 Å². The summed E-state index contributed by atoms with van der Waals surface area (Å²) >= 11 is 1.05. The predicted octanol–water partition coefficient (Wildman–Crippen LogP) is 3.61. The summed E-state index contributed by atoms with van der Waals surface area (Å²) in [6.07, 6.45) is 0. The fraction of sp³-hybridized carbons (Fsp3) is 0.172. The molecule has 0 spiro atoms. The average molecular weight is 555 g/mol. The molecule has 202 valence electrons. The molecular formula is C29H26N6O4S. The van der Waals surface area contributed by atoms with E-state index >= 15 is 0 Å². The highest BCUT2D eigenvalue weighted by molar-refractivity contribution is 7.03. The summed E-state index contributed by atoms with van der Waals surface area (Å²) in [5.74, 6) is -2.19. The van der Waals surface area contributed by atoms with E-state index in [0.717, 1.165) is 27.7 Å². The lowest BCUT2D eigenvalue weighted by Gasteiger charge is -2.31. The molecule has 3 aromatic carbocycles. The molecule has 1 N–H and O–H groups in total. The van der Waals surface area contributed by atoms with E-state index in [0.29, 0.717) is 5.69 Å². The summed E-state index contributed by atoms with van der Waals surface area (Å²) < 4.78 is 3.92. The molecule has 4 aromatic rings. The van der Waals surface area contributed by atoms with Crippen LogP contribution in [0, 0.1) is 0 Å². The zero-order valence-corrected chi connectivity index (χ0v) is 22.7. The number of benzene rings is 3. The van der Waals surface area contributed by atoms with Crippen LogP contribution in [0.3, 0.4) is 0 Å². The van der Waals surface area contributed by atoms with Crippen LogP contribution < -0.4 is 10.2 Å². The van der Waals surface area contributed by atoms with E-state index in [9.17, 15) is 19.2 Å².